The lowest BCUT2D eigenvalue weighted by Crippen LogP contribution is -2.31. The first-order valence-electron chi connectivity index (χ1n) is 6.84. The van der Waals surface area contributed by atoms with Crippen LogP contribution in [0.2, 0.25) is 5.02 Å². The van der Waals surface area contributed by atoms with Crippen molar-refractivity contribution >= 4 is 21.6 Å². The van der Waals surface area contributed by atoms with E-state index in [1.165, 1.54) is 10.4 Å². The number of hydrogen-bond donors (Lipinski definition) is 0. The Morgan fingerprint density at radius 2 is 2.10 bits per heavy atom. The summed E-state index contributed by atoms with van der Waals surface area (Å²) in [5.41, 5.74) is 0. The van der Waals surface area contributed by atoms with Gasteiger partial charge in [-0.2, -0.15) is 0 Å². The summed E-state index contributed by atoms with van der Waals surface area (Å²) in [6.45, 7) is 1.23. The van der Waals surface area contributed by atoms with E-state index < -0.39 is 10.0 Å². The van der Waals surface area contributed by atoms with Crippen LogP contribution in [0.15, 0.2) is 29.2 Å². The van der Waals surface area contributed by atoms with Crippen LogP contribution in [0.5, 0.6) is 0 Å². The number of halogens is 1. The minimum Gasteiger partial charge on any atom is -0.378 e. The van der Waals surface area contributed by atoms with Crippen LogP contribution in [0.3, 0.4) is 0 Å². The molecule has 20 heavy (non-hydrogen) atoms. The van der Waals surface area contributed by atoms with Gasteiger partial charge in [0.15, 0.2) is 0 Å². The first kappa shape index (κ1) is 15.8. The number of ether oxygens (including phenoxy) is 1. The third-order valence-corrected chi connectivity index (χ3v) is 5.92. The summed E-state index contributed by atoms with van der Waals surface area (Å²) in [5.74, 6) is 0. The van der Waals surface area contributed by atoms with E-state index >= 15 is 0 Å². The normalized spacial score (nSPS) is 20.2. The van der Waals surface area contributed by atoms with E-state index in [9.17, 15) is 8.42 Å². The summed E-state index contributed by atoms with van der Waals surface area (Å²) in [7, 11) is -1.94. The van der Waals surface area contributed by atoms with Gasteiger partial charge in [0, 0.05) is 20.2 Å². The molecule has 1 aliphatic rings. The molecule has 0 aromatic heterocycles. The summed E-state index contributed by atoms with van der Waals surface area (Å²) < 4.78 is 31.8. The molecule has 0 aliphatic carbocycles. The van der Waals surface area contributed by atoms with Crippen molar-refractivity contribution in [2.75, 3.05) is 20.2 Å². The summed E-state index contributed by atoms with van der Waals surface area (Å²) >= 11 is 5.97. The van der Waals surface area contributed by atoms with E-state index in [1.54, 1.807) is 25.2 Å². The largest absolute Gasteiger partial charge is 0.378 e. The smallest absolute Gasteiger partial charge is 0.244 e. The molecule has 0 spiro atoms. The van der Waals surface area contributed by atoms with Gasteiger partial charge in [-0.1, -0.05) is 23.7 Å². The van der Waals surface area contributed by atoms with E-state index in [1.807, 2.05) is 0 Å². The Balaban J connectivity index is 2.00. The van der Waals surface area contributed by atoms with Crippen molar-refractivity contribution in [3.05, 3.63) is 29.3 Å². The predicted octanol–water partition coefficient (Wildman–Crippen LogP) is 2.92. The lowest BCUT2D eigenvalue weighted by Gasteiger charge is -2.25. The number of benzene rings is 1. The first-order valence-corrected chi connectivity index (χ1v) is 8.66. The van der Waals surface area contributed by atoms with E-state index in [2.05, 4.69) is 0 Å². The van der Waals surface area contributed by atoms with Crippen LogP contribution in [-0.4, -0.2) is 39.0 Å². The molecule has 6 heteroatoms. The second kappa shape index (κ2) is 6.89. The van der Waals surface area contributed by atoms with Gasteiger partial charge in [-0.3, -0.25) is 0 Å². The van der Waals surface area contributed by atoms with Crippen molar-refractivity contribution in [2.45, 2.75) is 36.7 Å². The Hall–Kier alpha value is -0.620. The van der Waals surface area contributed by atoms with E-state index in [0.29, 0.717) is 6.54 Å². The fourth-order valence-electron chi connectivity index (χ4n) is 2.30. The Labute approximate surface area is 125 Å². The molecular formula is C14H20ClNO3S. The van der Waals surface area contributed by atoms with Gasteiger partial charge in [-0.25, -0.2) is 12.7 Å². The Morgan fingerprint density at radius 1 is 1.35 bits per heavy atom. The Kier molecular flexibility index (Phi) is 5.43. The number of sulfonamides is 1. The number of rotatable bonds is 5. The maximum atomic E-state index is 12.4. The molecule has 1 heterocycles. The lowest BCUT2D eigenvalue weighted by molar-refractivity contribution is 0.00950. The highest BCUT2D eigenvalue weighted by Crippen LogP contribution is 2.24. The molecule has 0 N–H and O–H groups in total. The zero-order valence-electron chi connectivity index (χ0n) is 11.6. The molecule has 0 amide bonds. The molecule has 1 aromatic carbocycles. The fraction of sp³-hybridized carbons (Fsp3) is 0.571. The highest BCUT2D eigenvalue weighted by molar-refractivity contribution is 7.89. The van der Waals surface area contributed by atoms with E-state index in [0.717, 1.165) is 32.3 Å². The highest BCUT2D eigenvalue weighted by atomic mass is 35.5. The van der Waals surface area contributed by atoms with Gasteiger partial charge in [0.05, 0.1) is 11.1 Å². The minimum atomic E-state index is -3.52. The van der Waals surface area contributed by atoms with Crippen molar-refractivity contribution in [2.24, 2.45) is 0 Å². The van der Waals surface area contributed by atoms with Gasteiger partial charge in [0.2, 0.25) is 10.0 Å². The van der Waals surface area contributed by atoms with Gasteiger partial charge >= 0.3 is 0 Å². The molecule has 0 radical (unpaired) electrons. The molecule has 1 aromatic rings. The molecule has 1 atom stereocenters. The van der Waals surface area contributed by atoms with Crippen LogP contribution >= 0.6 is 11.6 Å². The molecule has 0 saturated carbocycles. The average molecular weight is 318 g/mol. The van der Waals surface area contributed by atoms with Crippen LogP contribution in [0, 0.1) is 0 Å². The molecule has 4 nitrogen and oxygen atoms in total. The molecule has 0 bridgehead atoms. The van der Waals surface area contributed by atoms with Crippen molar-refractivity contribution in [1.82, 2.24) is 4.31 Å². The van der Waals surface area contributed by atoms with Crippen molar-refractivity contribution < 1.29 is 13.2 Å². The van der Waals surface area contributed by atoms with Crippen molar-refractivity contribution in [1.29, 1.82) is 0 Å². The number of hydrogen-bond acceptors (Lipinski definition) is 3. The second-order valence-electron chi connectivity index (χ2n) is 5.03. The topological polar surface area (TPSA) is 46.6 Å². The summed E-state index contributed by atoms with van der Waals surface area (Å²) in [6.07, 6.45) is 4.17. The molecular weight excluding hydrogens is 298 g/mol. The molecule has 1 aliphatic heterocycles. The Bertz CT molecular complexity index is 541. The molecule has 112 valence electrons. The third kappa shape index (κ3) is 3.73. The zero-order valence-corrected chi connectivity index (χ0v) is 13.2. The van der Waals surface area contributed by atoms with Crippen molar-refractivity contribution in [3.63, 3.8) is 0 Å². The maximum absolute atomic E-state index is 12.4. The summed E-state index contributed by atoms with van der Waals surface area (Å²) in [4.78, 5) is 0.161. The predicted molar refractivity (Wildman–Crippen MR) is 79.5 cm³/mol. The van der Waals surface area contributed by atoms with E-state index in [4.69, 9.17) is 16.3 Å². The van der Waals surface area contributed by atoms with Crippen LogP contribution in [-0.2, 0) is 14.8 Å². The Morgan fingerprint density at radius 3 is 2.75 bits per heavy atom. The average Bonchev–Trinajstić information content (AvgIpc) is 2.46. The summed E-state index contributed by atoms with van der Waals surface area (Å²) in [6, 6.07) is 6.52. The van der Waals surface area contributed by atoms with Gasteiger partial charge < -0.3 is 4.74 Å². The molecule has 1 saturated heterocycles. The van der Waals surface area contributed by atoms with Crippen LogP contribution < -0.4 is 0 Å². The van der Waals surface area contributed by atoms with Gasteiger partial charge in [-0.05, 0) is 37.8 Å². The van der Waals surface area contributed by atoms with E-state index in [-0.39, 0.29) is 16.0 Å². The SMILES string of the molecule is CN(CCC1CCCCO1)S(=O)(=O)c1ccccc1Cl. The minimum absolute atomic E-state index is 0.161. The summed E-state index contributed by atoms with van der Waals surface area (Å²) in [5, 5.41) is 0.258. The maximum Gasteiger partial charge on any atom is 0.244 e. The van der Waals surface area contributed by atoms with Gasteiger partial charge in [0.1, 0.15) is 4.90 Å². The van der Waals surface area contributed by atoms with Crippen LogP contribution in [0.4, 0.5) is 0 Å². The second-order valence-corrected chi connectivity index (χ2v) is 7.45. The third-order valence-electron chi connectivity index (χ3n) is 3.56. The standard InChI is InChI=1S/C14H20ClNO3S/c1-16(10-9-12-6-4-5-11-19-12)20(17,18)14-8-3-2-7-13(14)15/h2-3,7-8,12H,4-6,9-11H2,1H3. The van der Waals surface area contributed by atoms with Gasteiger partial charge in [0.25, 0.3) is 0 Å². The zero-order chi connectivity index (χ0) is 14.6. The molecule has 1 fully saturated rings. The van der Waals surface area contributed by atoms with Crippen LogP contribution in [0.1, 0.15) is 25.7 Å². The first-order chi connectivity index (χ1) is 9.51. The molecule has 1 unspecified atom stereocenters. The highest BCUT2D eigenvalue weighted by Gasteiger charge is 2.24. The monoisotopic (exact) mass is 317 g/mol. The number of nitrogens with zero attached hydrogens (tertiary/aromatic N) is 1. The quantitative estimate of drug-likeness (QED) is 0.839. The van der Waals surface area contributed by atoms with Gasteiger partial charge in [-0.15, -0.1) is 0 Å². The van der Waals surface area contributed by atoms with Crippen LogP contribution in [0.25, 0.3) is 0 Å². The fourth-order valence-corrected chi connectivity index (χ4v) is 3.98. The molecule has 2 rings (SSSR count). The lowest BCUT2D eigenvalue weighted by atomic mass is 10.1. The van der Waals surface area contributed by atoms with Crippen molar-refractivity contribution in [3.8, 4) is 0 Å².